The third-order valence-electron chi connectivity index (χ3n) is 3.44. The zero-order valence-corrected chi connectivity index (χ0v) is 12.6. The summed E-state index contributed by atoms with van der Waals surface area (Å²) >= 11 is 2.29. The highest BCUT2D eigenvalue weighted by atomic mass is 127. The Balaban J connectivity index is 2.88. The van der Waals surface area contributed by atoms with Crippen LogP contribution in [0.25, 0.3) is 0 Å². The van der Waals surface area contributed by atoms with Gasteiger partial charge in [0.1, 0.15) is 11.2 Å². The van der Waals surface area contributed by atoms with E-state index in [-0.39, 0.29) is 11.8 Å². The van der Waals surface area contributed by atoms with Crippen molar-refractivity contribution in [2.75, 3.05) is 11.0 Å². The van der Waals surface area contributed by atoms with Gasteiger partial charge in [-0.2, -0.15) is 0 Å². The number of halogens is 1. The van der Waals surface area contributed by atoms with Gasteiger partial charge in [0.25, 0.3) is 0 Å². The Morgan fingerprint density at radius 1 is 1.41 bits per heavy atom. The molecule has 0 spiro atoms. The van der Waals surface area contributed by atoms with Crippen LogP contribution in [0.15, 0.2) is 0 Å². The highest BCUT2D eigenvalue weighted by Crippen LogP contribution is 2.38. The van der Waals surface area contributed by atoms with Crippen molar-refractivity contribution in [2.24, 2.45) is 5.41 Å². The molecule has 0 N–H and O–H groups in total. The number of ketones is 1. The van der Waals surface area contributed by atoms with E-state index in [9.17, 15) is 9.59 Å². The summed E-state index contributed by atoms with van der Waals surface area (Å²) in [6.07, 6.45) is 5.73. The molecule has 17 heavy (non-hydrogen) atoms. The lowest BCUT2D eigenvalue weighted by atomic mass is 9.75. The Morgan fingerprint density at radius 2 is 2.18 bits per heavy atom. The maximum absolute atomic E-state index is 12.3. The number of rotatable bonds is 5. The quantitative estimate of drug-likeness (QED) is 0.251. The van der Waals surface area contributed by atoms with Crippen molar-refractivity contribution >= 4 is 34.3 Å². The maximum atomic E-state index is 12.3. The maximum Gasteiger partial charge on any atom is 0.319 e. The van der Waals surface area contributed by atoms with Crippen LogP contribution < -0.4 is 0 Å². The van der Waals surface area contributed by atoms with Gasteiger partial charge in [-0.3, -0.25) is 9.59 Å². The van der Waals surface area contributed by atoms with Crippen LogP contribution in [0.2, 0.25) is 0 Å². The first-order valence-electron chi connectivity index (χ1n) is 6.44. The van der Waals surface area contributed by atoms with E-state index in [0.717, 1.165) is 30.1 Å². The van der Waals surface area contributed by atoms with E-state index in [0.29, 0.717) is 25.9 Å². The molecule has 0 amide bonds. The number of hydrogen-bond acceptors (Lipinski definition) is 3. The van der Waals surface area contributed by atoms with Crippen molar-refractivity contribution in [3.8, 4) is 0 Å². The predicted octanol–water partition coefficient (Wildman–Crippen LogP) is 3.28. The van der Waals surface area contributed by atoms with Crippen LogP contribution in [0.4, 0.5) is 0 Å². The second-order valence-corrected chi connectivity index (χ2v) is 5.66. The number of Topliss-reactive ketones (excluding diaryl/α,β-unsaturated/α-hetero) is 1. The molecule has 0 bridgehead atoms. The lowest BCUT2D eigenvalue weighted by molar-refractivity contribution is -0.161. The van der Waals surface area contributed by atoms with Gasteiger partial charge in [0.15, 0.2) is 0 Å². The summed E-state index contributed by atoms with van der Waals surface area (Å²) in [5.74, 6) is -0.171. The molecule has 4 heteroatoms. The number of ether oxygens (including phenoxy) is 1. The molecule has 98 valence electrons. The van der Waals surface area contributed by atoms with Crippen molar-refractivity contribution < 1.29 is 14.3 Å². The van der Waals surface area contributed by atoms with Gasteiger partial charge in [-0.15, -0.1) is 0 Å². The van der Waals surface area contributed by atoms with Gasteiger partial charge in [0.2, 0.25) is 0 Å². The van der Waals surface area contributed by atoms with Crippen molar-refractivity contribution in [2.45, 2.75) is 51.9 Å². The minimum Gasteiger partial charge on any atom is -0.465 e. The molecule has 0 radical (unpaired) electrons. The Bertz CT molecular complexity index is 278. The van der Waals surface area contributed by atoms with Gasteiger partial charge < -0.3 is 4.74 Å². The smallest absolute Gasteiger partial charge is 0.319 e. The summed E-state index contributed by atoms with van der Waals surface area (Å²) in [4.78, 5) is 24.4. The van der Waals surface area contributed by atoms with Crippen molar-refractivity contribution in [3.05, 3.63) is 0 Å². The summed E-state index contributed by atoms with van der Waals surface area (Å²) in [6.45, 7) is 2.16. The van der Waals surface area contributed by atoms with Crippen LogP contribution in [-0.4, -0.2) is 22.8 Å². The normalized spacial score (nSPS) is 25.4. The molecular formula is C13H21IO3. The topological polar surface area (TPSA) is 43.4 Å². The average molecular weight is 352 g/mol. The van der Waals surface area contributed by atoms with Gasteiger partial charge in [0.05, 0.1) is 6.61 Å². The summed E-state index contributed by atoms with van der Waals surface area (Å²) in [6, 6.07) is 0. The molecule has 0 aromatic carbocycles. The van der Waals surface area contributed by atoms with E-state index < -0.39 is 5.41 Å². The lowest BCUT2D eigenvalue weighted by Gasteiger charge is -2.28. The first-order chi connectivity index (χ1) is 8.17. The Hall–Kier alpha value is -0.130. The molecule has 1 aliphatic carbocycles. The monoisotopic (exact) mass is 352 g/mol. The van der Waals surface area contributed by atoms with Crippen molar-refractivity contribution in [1.82, 2.24) is 0 Å². The number of carbonyl (C=O) groups is 2. The van der Waals surface area contributed by atoms with Crippen LogP contribution in [0.3, 0.4) is 0 Å². The number of esters is 1. The minimum absolute atomic E-state index is 0.110. The molecular weight excluding hydrogens is 331 g/mol. The standard InChI is InChI=1S/C13H21IO3/c1-2-17-12(16)13(9-6-10-14)8-5-3-4-7-11(13)15/h2-10H2,1H3. The first-order valence-corrected chi connectivity index (χ1v) is 7.96. The summed E-state index contributed by atoms with van der Waals surface area (Å²) in [7, 11) is 0. The molecule has 1 saturated carbocycles. The highest BCUT2D eigenvalue weighted by Gasteiger charge is 2.46. The number of alkyl halides is 1. The largest absolute Gasteiger partial charge is 0.465 e. The SMILES string of the molecule is CCOC(=O)C1(CCCI)CCCCCC1=O. The molecule has 1 aliphatic rings. The third-order valence-corrected chi connectivity index (χ3v) is 4.21. The molecule has 0 saturated heterocycles. The molecule has 0 heterocycles. The van der Waals surface area contributed by atoms with Gasteiger partial charge in [-0.05, 0) is 37.0 Å². The fourth-order valence-corrected chi connectivity index (χ4v) is 2.87. The van der Waals surface area contributed by atoms with Crippen LogP contribution in [-0.2, 0) is 14.3 Å². The second kappa shape index (κ2) is 7.34. The van der Waals surface area contributed by atoms with E-state index in [2.05, 4.69) is 22.6 Å². The summed E-state index contributed by atoms with van der Waals surface area (Å²) in [5, 5.41) is 0. The zero-order chi connectivity index (χ0) is 12.7. The highest BCUT2D eigenvalue weighted by molar-refractivity contribution is 14.1. The molecule has 3 nitrogen and oxygen atoms in total. The predicted molar refractivity (Wildman–Crippen MR) is 75.3 cm³/mol. The fraction of sp³-hybridized carbons (Fsp3) is 0.846. The Morgan fingerprint density at radius 3 is 2.82 bits per heavy atom. The molecule has 0 aromatic heterocycles. The summed E-state index contributed by atoms with van der Waals surface area (Å²) < 4.78 is 6.12. The van der Waals surface area contributed by atoms with Crippen molar-refractivity contribution in [3.63, 3.8) is 0 Å². The first kappa shape index (κ1) is 14.9. The molecule has 0 aliphatic heterocycles. The fourth-order valence-electron chi connectivity index (χ4n) is 2.49. The van der Waals surface area contributed by atoms with E-state index in [1.54, 1.807) is 6.92 Å². The van der Waals surface area contributed by atoms with Gasteiger partial charge in [-0.25, -0.2) is 0 Å². The van der Waals surface area contributed by atoms with E-state index in [1.165, 1.54) is 0 Å². The number of carbonyl (C=O) groups excluding carboxylic acids is 2. The van der Waals surface area contributed by atoms with E-state index in [4.69, 9.17) is 4.74 Å². The molecule has 1 rings (SSSR count). The Labute approximate surface area is 117 Å². The Kier molecular flexibility index (Phi) is 6.44. The molecule has 1 unspecified atom stereocenters. The van der Waals surface area contributed by atoms with Crippen molar-refractivity contribution in [1.29, 1.82) is 0 Å². The second-order valence-electron chi connectivity index (χ2n) is 4.58. The molecule has 1 fully saturated rings. The number of hydrogen-bond donors (Lipinski definition) is 0. The van der Waals surface area contributed by atoms with Gasteiger partial charge in [-0.1, -0.05) is 35.4 Å². The zero-order valence-electron chi connectivity index (χ0n) is 10.5. The van der Waals surface area contributed by atoms with Crippen LogP contribution in [0.1, 0.15) is 51.9 Å². The van der Waals surface area contributed by atoms with Crippen LogP contribution >= 0.6 is 22.6 Å². The van der Waals surface area contributed by atoms with Crippen LogP contribution in [0, 0.1) is 5.41 Å². The van der Waals surface area contributed by atoms with E-state index in [1.807, 2.05) is 0 Å². The molecule has 1 atom stereocenters. The van der Waals surface area contributed by atoms with Gasteiger partial charge >= 0.3 is 5.97 Å². The summed E-state index contributed by atoms with van der Waals surface area (Å²) in [5.41, 5.74) is -0.822. The molecule has 0 aromatic rings. The van der Waals surface area contributed by atoms with E-state index >= 15 is 0 Å². The lowest BCUT2D eigenvalue weighted by Crippen LogP contribution is -2.40. The van der Waals surface area contributed by atoms with Gasteiger partial charge in [0, 0.05) is 6.42 Å². The average Bonchev–Trinajstić information content (AvgIpc) is 2.50. The third kappa shape index (κ3) is 3.66. The minimum atomic E-state index is -0.822. The van der Waals surface area contributed by atoms with Crippen LogP contribution in [0.5, 0.6) is 0 Å².